The van der Waals surface area contributed by atoms with Crippen molar-refractivity contribution in [3.8, 4) is 0 Å². The van der Waals surface area contributed by atoms with Crippen molar-refractivity contribution in [1.82, 2.24) is 9.78 Å². The van der Waals surface area contributed by atoms with Gasteiger partial charge in [0.25, 0.3) is 5.91 Å². The predicted octanol–water partition coefficient (Wildman–Crippen LogP) is 4.26. The topological polar surface area (TPSA) is 81.3 Å². The third-order valence-corrected chi connectivity index (χ3v) is 4.86. The van der Waals surface area contributed by atoms with Crippen LogP contribution in [0, 0.1) is 24.0 Å². The van der Waals surface area contributed by atoms with E-state index in [-0.39, 0.29) is 18.1 Å². The maximum absolute atomic E-state index is 13.4. The minimum atomic E-state index is -0.459. The lowest BCUT2D eigenvalue weighted by atomic mass is 10.1. The van der Waals surface area contributed by atoms with Gasteiger partial charge in [0.2, 0.25) is 0 Å². The molecule has 0 N–H and O–H groups in total. The fraction of sp³-hybridized carbons (Fsp3) is 0.143. The molecule has 4 rings (SSSR count). The van der Waals surface area contributed by atoms with Crippen LogP contribution in [0.25, 0.3) is 12.2 Å². The van der Waals surface area contributed by atoms with Crippen LogP contribution in [0.3, 0.4) is 0 Å². The monoisotopic (exact) mass is 374 g/mol. The maximum atomic E-state index is 13.4. The van der Waals surface area contributed by atoms with Crippen LogP contribution < -0.4 is 4.90 Å². The molecule has 2 aromatic carbocycles. The Bertz CT molecular complexity index is 1080. The molecule has 0 saturated heterocycles. The summed E-state index contributed by atoms with van der Waals surface area (Å²) in [5.41, 5.74) is 4.00. The number of hydrogen-bond donors (Lipinski definition) is 0. The van der Waals surface area contributed by atoms with Crippen LogP contribution in [-0.4, -0.2) is 20.6 Å². The van der Waals surface area contributed by atoms with Gasteiger partial charge in [-0.15, -0.1) is 0 Å². The second kappa shape index (κ2) is 6.77. The number of fused-ring (bicyclic) bond motifs is 2. The predicted molar refractivity (Wildman–Crippen MR) is 107 cm³/mol. The zero-order valence-electron chi connectivity index (χ0n) is 15.5. The van der Waals surface area contributed by atoms with Gasteiger partial charge in [-0.05, 0) is 37.1 Å². The first-order valence-electron chi connectivity index (χ1n) is 8.85. The molecule has 28 heavy (non-hydrogen) atoms. The summed E-state index contributed by atoms with van der Waals surface area (Å²) in [6.45, 7) is 3.09. The quantitative estimate of drug-likeness (QED) is 0.507. The number of aryl methyl sites for hydroxylation is 1. The summed E-state index contributed by atoms with van der Waals surface area (Å²) in [6.07, 6.45) is 3.96. The molecular formula is C21H18N4O3. The number of amides is 1. The van der Waals surface area contributed by atoms with Gasteiger partial charge >= 0.3 is 5.69 Å². The standard InChI is InChI=1S/C21H18N4O3/c1-14-21(25(27)28)15(2)23(22-14)13-20(26)24-18-9-5-3-7-16(18)11-12-17-8-4-6-10-19(17)24/h3-12H,13H2,1-2H3. The van der Waals surface area contributed by atoms with Crippen LogP contribution in [-0.2, 0) is 11.3 Å². The molecule has 2 heterocycles. The molecule has 0 fully saturated rings. The highest BCUT2D eigenvalue weighted by Crippen LogP contribution is 2.36. The van der Waals surface area contributed by atoms with Crippen molar-refractivity contribution < 1.29 is 9.72 Å². The van der Waals surface area contributed by atoms with Gasteiger partial charge in [-0.3, -0.25) is 24.5 Å². The van der Waals surface area contributed by atoms with Gasteiger partial charge in [0, 0.05) is 0 Å². The number of hydrogen-bond acceptors (Lipinski definition) is 4. The minimum Gasteiger partial charge on any atom is -0.278 e. The van der Waals surface area contributed by atoms with E-state index in [4.69, 9.17) is 0 Å². The maximum Gasteiger partial charge on any atom is 0.312 e. The second-order valence-electron chi connectivity index (χ2n) is 6.61. The number of nitro groups is 1. The summed E-state index contributed by atoms with van der Waals surface area (Å²) in [5, 5.41) is 15.5. The highest BCUT2D eigenvalue weighted by atomic mass is 16.6. The summed E-state index contributed by atoms with van der Waals surface area (Å²) in [6, 6.07) is 15.3. The number of benzene rings is 2. The van der Waals surface area contributed by atoms with E-state index in [0.29, 0.717) is 11.4 Å². The van der Waals surface area contributed by atoms with E-state index in [0.717, 1.165) is 22.5 Å². The molecular weight excluding hydrogens is 356 g/mol. The smallest absolute Gasteiger partial charge is 0.278 e. The Balaban J connectivity index is 1.79. The molecule has 1 aromatic heterocycles. The van der Waals surface area contributed by atoms with Crippen LogP contribution in [0.4, 0.5) is 17.1 Å². The third kappa shape index (κ3) is 2.87. The molecule has 1 aliphatic rings. The highest BCUT2D eigenvalue weighted by Gasteiger charge is 2.27. The Morgan fingerprint density at radius 3 is 2.04 bits per heavy atom. The molecule has 0 spiro atoms. The average molecular weight is 374 g/mol. The lowest BCUT2D eigenvalue weighted by molar-refractivity contribution is -0.386. The summed E-state index contributed by atoms with van der Waals surface area (Å²) < 4.78 is 1.40. The zero-order valence-corrected chi connectivity index (χ0v) is 15.5. The van der Waals surface area contributed by atoms with Crippen molar-refractivity contribution in [3.05, 3.63) is 81.2 Å². The van der Waals surface area contributed by atoms with Gasteiger partial charge in [0.15, 0.2) is 0 Å². The van der Waals surface area contributed by atoms with E-state index in [2.05, 4.69) is 5.10 Å². The fourth-order valence-electron chi connectivity index (χ4n) is 3.55. The first kappa shape index (κ1) is 17.7. The summed E-state index contributed by atoms with van der Waals surface area (Å²) >= 11 is 0. The Morgan fingerprint density at radius 2 is 1.54 bits per heavy atom. The van der Waals surface area contributed by atoms with Crippen molar-refractivity contribution >= 4 is 35.1 Å². The molecule has 0 bridgehead atoms. The Hall–Kier alpha value is -3.74. The third-order valence-electron chi connectivity index (χ3n) is 4.86. The molecule has 0 atom stereocenters. The SMILES string of the molecule is Cc1nn(CC(=O)N2c3ccccc3C=Cc3ccccc32)c(C)c1[N+](=O)[O-]. The molecule has 1 aliphatic heterocycles. The Kier molecular flexibility index (Phi) is 4.27. The van der Waals surface area contributed by atoms with E-state index in [1.165, 1.54) is 4.68 Å². The van der Waals surface area contributed by atoms with E-state index in [9.17, 15) is 14.9 Å². The normalized spacial score (nSPS) is 12.3. The van der Waals surface area contributed by atoms with Gasteiger partial charge in [0.1, 0.15) is 17.9 Å². The van der Waals surface area contributed by atoms with Gasteiger partial charge in [-0.2, -0.15) is 5.10 Å². The average Bonchev–Trinajstić information content (AvgIpc) is 2.85. The van der Waals surface area contributed by atoms with Gasteiger partial charge in [-0.1, -0.05) is 48.6 Å². The lowest BCUT2D eigenvalue weighted by Gasteiger charge is -2.25. The Morgan fingerprint density at radius 1 is 1.00 bits per heavy atom. The van der Waals surface area contributed by atoms with Gasteiger partial charge in [-0.25, -0.2) is 0 Å². The molecule has 7 heteroatoms. The van der Waals surface area contributed by atoms with E-state index in [1.54, 1.807) is 18.7 Å². The highest BCUT2D eigenvalue weighted by molar-refractivity contribution is 6.06. The van der Waals surface area contributed by atoms with E-state index >= 15 is 0 Å². The molecule has 140 valence electrons. The molecule has 0 saturated carbocycles. The van der Waals surface area contributed by atoms with Gasteiger partial charge in [0.05, 0.1) is 16.3 Å². The van der Waals surface area contributed by atoms with Crippen molar-refractivity contribution in [2.24, 2.45) is 0 Å². The van der Waals surface area contributed by atoms with Crippen molar-refractivity contribution in [2.45, 2.75) is 20.4 Å². The van der Waals surface area contributed by atoms with Crippen LogP contribution in [0.5, 0.6) is 0 Å². The van der Waals surface area contributed by atoms with Crippen molar-refractivity contribution in [1.29, 1.82) is 0 Å². The first-order valence-corrected chi connectivity index (χ1v) is 8.85. The van der Waals surface area contributed by atoms with Crippen LogP contribution in [0.15, 0.2) is 48.5 Å². The second-order valence-corrected chi connectivity index (χ2v) is 6.61. The fourth-order valence-corrected chi connectivity index (χ4v) is 3.55. The number of carbonyl (C=O) groups excluding carboxylic acids is 1. The van der Waals surface area contributed by atoms with E-state index < -0.39 is 4.92 Å². The van der Waals surface area contributed by atoms with Crippen LogP contribution in [0.2, 0.25) is 0 Å². The van der Waals surface area contributed by atoms with Crippen molar-refractivity contribution in [2.75, 3.05) is 4.90 Å². The summed E-state index contributed by atoms with van der Waals surface area (Å²) in [5.74, 6) is -0.218. The zero-order chi connectivity index (χ0) is 19.8. The van der Waals surface area contributed by atoms with Gasteiger partial charge < -0.3 is 0 Å². The number of carbonyl (C=O) groups is 1. The molecule has 0 radical (unpaired) electrons. The summed E-state index contributed by atoms with van der Waals surface area (Å²) in [4.78, 5) is 25.8. The molecule has 0 unspecified atom stereocenters. The molecule has 0 aliphatic carbocycles. The lowest BCUT2D eigenvalue weighted by Crippen LogP contribution is -2.31. The number of para-hydroxylation sites is 2. The number of rotatable bonds is 3. The number of aromatic nitrogens is 2. The van der Waals surface area contributed by atoms with Crippen molar-refractivity contribution in [3.63, 3.8) is 0 Å². The Labute approximate surface area is 161 Å². The van der Waals surface area contributed by atoms with Crippen LogP contribution in [0.1, 0.15) is 22.5 Å². The molecule has 7 nitrogen and oxygen atoms in total. The minimum absolute atomic E-state index is 0.0499. The molecule has 1 amide bonds. The van der Waals surface area contributed by atoms with Crippen LogP contribution >= 0.6 is 0 Å². The number of anilines is 2. The first-order chi connectivity index (χ1) is 13.5. The van der Waals surface area contributed by atoms with E-state index in [1.807, 2.05) is 60.7 Å². The number of nitrogens with zero attached hydrogens (tertiary/aromatic N) is 4. The summed E-state index contributed by atoms with van der Waals surface area (Å²) in [7, 11) is 0. The largest absolute Gasteiger partial charge is 0.312 e. The molecule has 3 aromatic rings.